The lowest BCUT2D eigenvalue weighted by atomic mass is 10.0. The van der Waals surface area contributed by atoms with Gasteiger partial charge in [0.15, 0.2) is 0 Å². The predicted octanol–water partition coefficient (Wildman–Crippen LogP) is 2.56. The zero-order valence-electron chi connectivity index (χ0n) is 13.0. The van der Waals surface area contributed by atoms with Crippen molar-refractivity contribution in [2.75, 3.05) is 6.54 Å². The lowest BCUT2D eigenvalue weighted by Crippen LogP contribution is -2.33. The van der Waals surface area contributed by atoms with Crippen molar-refractivity contribution in [3.05, 3.63) is 58.9 Å². The quantitative estimate of drug-likeness (QED) is 0.924. The van der Waals surface area contributed by atoms with Crippen molar-refractivity contribution in [1.29, 1.82) is 0 Å². The van der Waals surface area contributed by atoms with E-state index in [1.54, 1.807) is 17.7 Å². The van der Waals surface area contributed by atoms with Crippen LogP contribution in [-0.2, 0) is 7.05 Å². The summed E-state index contributed by atoms with van der Waals surface area (Å²) in [6.07, 6.45) is -0.566. The fourth-order valence-electron chi connectivity index (χ4n) is 3.08. The SMILES string of the molecule is Cc1ccc(C(=O)N2C[C@H](O)C[C@H]2c2cc(F)ccc2F)n1C. The number of carbonyl (C=O) groups is 1. The maximum atomic E-state index is 14.1. The third kappa shape index (κ3) is 2.74. The molecule has 0 radical (unpaired) electrons. The third-order valence-corrected chi connectivity index (χ3v) is 4.45. The van der Waals surface area contributed by atoms with Gasteiger partial charge < -0.3 is 14.6 Å². The molecule has 2 heterocycles. The number of amides is 1. The highest BCUT2D eigenvalue weighted by atomic mass is 19.1. The molecule has 1 N–H and O–H groups in total. The fourth-order valence-corrected chi connectivity index (χ4v) is 3.08. The molecule has 2 aromatic rings. The number of hydrogen-bond donors (Lipinski definition) is 1. The second-order valence-corrected chi connectivity index (χ2v) is 5.95. The van der Waals surface area contributed by atoms with Crippen LogP contribution >= 0.6 is 0 Å². The summed E-state index contributed by atoms with van der Waals surface area (Å²) in [5.74, 6) is -1.44. The van der Waals surface area contributed by atoms with E-state index in [0.717, 1.165) is 23.9 Å². The molecule has 122 valence electrons. The Morgan fingerprint density at radius 2 is 2.00 bits per heavy atom. The van der Waals surface area contributed by atoms with Gasteiger partial charge in [-0.1, -0.05) is 0 Å². The predicted molar refractivity (Wildman–Crippen MR) is 80.9 cm³/mol. The molecule has 1 aromatic heterocycles. The molecule has 4 nitrogen and oxygen atoms in total. The zero-order chi connectivity index (χ0) is 16.7. The number of nitrogens with zero attached hydrogens (tertiary/aromatic N) is 2. The Labute approximate surface area is 133 Å². The summed E-state index contributed by atoms with van der Waals surface area (Å²) in [4.78, 5) is 14.2. The normalized spacial score (nSPS) is 21.0. The van der Waals surface area contributed by atoms with Crippen LogP contribution in [0.15, 0.2) is 30.3 Å². The molecule has 1 aromatic carbocycles. The van der Waals surface area contributed by atoms with E-state index in [9.17, 15) is 18.7 Å². The first-order valence-corrected chi connectivity index (χ1v) is 7.44. The zero-order valence-corrected chi connectivity index (χ0v) is 13.0. The van der Waals surface area contributed by atoms with E-state index in [-0.39, 0.29) is 24.4 Å². The molecule has 0 aliphatic carbocycles. The molecule has 3 rings (SSSR count). The van der Waals surface area contributed by atoms with Crippen molar-refractivity contribution >= 4 is 5.91 Å². The summed E-state index contributed by atoms with van der Waals surface area (Å²) >= 11 is 0. The molecule has 23 heavy (non-hydrogen) atoms. The number of aromatic nitrogens is 1. The smallest absolute Gasteiger partial charge is 0.271 e. The molecule has 1 aliphatic heterocycles. The number of carbonyl (C=O) groups excluding carboxylic acids is 1. The van der Waals surface area contributed by atoms with E-state index in [2.05, 4.69) is 0 Å². The molecule has 1 saturated heterocycles. The van der Waals surface area contributed by atoms with Crippen LogP contribution < -0.4 is 0 Å². The van der Waals surface area contributed by atoms with Crippen LogP contribution in [-0.4, -0.2) is 33.1 Å². The van der Waals surface area contributed by atoms with Gasteiger partial charge in [-0.05, 0) is 43.7 Å². The summed E-state index contributed by atoms with van der Waals surface area (Å²) in [5.41, 5.74) is 1.47. The van der Waals surface area contributed by atoms with Gasteiger partial charge >= 0.3 is 0 Å². The lowest BCUT2D eigenvalue weighted by Gasteiger charge is -2.25. The van der Waals surface area contributed by atoms with Crippen LogP contribution in [0.5, 0.6) is 0 Å². The van der Waals surface area contributed by atoms with Crippen LogP contribution in [0.3, 0.4) is 0 Å². The number of aliphatic hydroxyl groups is 1. The Morgan fingerprint density at radius 3 is 2.65 bits per heavy atom. The van der Waals surface area contributed by atoms with Gasteiger partial charge in [0.1, 0.15) is 17.3 Å². The highest BCUT2D eigenvalue weighted by molar-refractivity contribution is 5.93. The minimum atomic E-state index is -0.756. The van der Waals surface area contributed by atoms with E-state index in [1.165, 1.54) is 4.90 Å². The molecule has 0 unspecified atom stereocenters. The van der Waals surface area contributed by atoms with E-state index in [0.29, 0.717) is 5.69 Å². The first-order chi connectivity index (χ1) is 10.9. The van der Waals surface area contributed by atoms with E-state index in [4.69, 9.17) is 0 Å². The topological polar surface area (TPSA) is 45.5 Å². The molecule has 0 spiro atoms. The number of halogens is 2. The number of rotatable bonds is 2. The largest absolute Gasteiger partial charge is 0.391 e. The molecule has 1 amide bonds. The highest BCUT2D eigenvalue weighted by Crippen LogP contribution is 2.35. The number of hydrogen-bond acceptors (Lipinski definition) is 2. The molecule has 0 bridgehead atoms. The lowest BCUT2D eigenvalue weighted by molar-refractivity contribution is 0.0704. The Balaban J connectivity index is 1.98. The van der Waals surface area contributed by atoms with Gasteiger partial charge in [0.2, 0.25) is 0 Å². The molecule has 1 fully saturated rings. The van der Waals surface area contributed by atoms with Crippen molar-refractivity contribution in [1.82, 2.24) is 9.47 Å². The van der Waals surface area contributed by atoms with Crippen molar-refractivity contribution in [3.63, 3.8) is 0 Å². The Bertz CT molecular complexity index is 757. The van der Waals surface area contributed by atoms with E-state index in [1.807, 2.05) is 13.0 Å². The van der Waals surface area contributed by atoms with Crippen LogP contribution in [0.25, 0.3) is 0 Å². The first-order valence-electron chi connectivity index (χ1n) is 7.44. The molecular weight excluding hydrogens is 302 g/mol. The monoisotopic (exact) mass is 320 g/mol. The molecular formula is C17H18F2N2O2. The van der Waals surface area contributed by atoms with Gasteiger partial charge in [0.25, 0.3) is 5.91 Å². The Morgan fingerprint density at radius 1 is 1.26 bits per heavy atom. The fraction of sp³-hybridized carbons (Fsp3) is 0.353. The standard InChI is InChI=1S/C17H18F2N2O2/c1-10-3-6-15(20(10)2)17(23)21-9-12(22)8-16(21)13-7-11(18)4-5-14(13)19/h3-7,12,16,22H,8-9H2,1-2H3/t12-,16+/m1/s1. The van der Waals surface area contributed by atoms with Gasteiger partial charge in [0, 0.05) is 24.8 Å². The van der Waals surface area contributed by atoms with Crippen LogP contribution in [0.4, 0.5) is 8.78 Å². The minimum absolute atomic E-state index is 0.0980. The molecule has 0 saturated carbocycles. The summed E-state index contributed by atoms with van der Waals surface area (Å²) in [5, 5.41) is 9.94. The highest BCUT2D eigenvalue weighted by Gasteiger charge is 2.38. The average Bonchev–Trinajstić information content (AvgIpc) is 3.05. The van der Waals surface area contributed by atoms with Gasteiger partial charge in [-0.25, -0.2) is 8.78 Å². The van der Waals surface area contributed by atoms with Crippen molar-refractivity contribution in [3.8, 4) is 0 Å². The molecule has 6 heteroatoms. The number of likely N-dealkylation sites (tertiary alicyclic amines) is 1. The van der Waals surface area contributed by atoms with Crippen molar-refractivity contribution in [2.24, 2.45) is 7.05 Å². The van der Waals surface area contributed by atoms with Crippen LogP contribution in [0.2, 0.25) is 0 Å². The van der Waals surface area contributed by atoms with Gasteiger partial charge in [-0.15, -0.1) is 0 Å². The van der Waals surface area contributed by atoms with Crippen LogP contribution in [0, 0.1) is 18.6 Å². The van der Waals surface area contributed by atoms with Gasteiger partial charge in [0.05, 0.1) is 12.1 Å². The Kier molecular flexibility index (Phi) is 3.93. The van der Waals surface area contributed by atoms with Gasteiger partial charge in [-0.3, -0.25) is 4.79 Å². The maximum absolute atomic E-state index is 14.1. The van der Waals surface area contributed by atoms with E-state index >= 15 is 0 Å². The number of aryl methyl sites for hydroxylation is 1. The Hall–Kier alpha value is -2.21. The summed E-state index contributed by atoms with van der Waals surface area (Å²) in [6, 6.07) is 6.01. The first kappa shape index (κ1) is 15.7. The van der Waals surface area contributed by atoms with Gasteiger partial charge in [-0.2, -0.15) is 0 Å². The number of benzene rings is 1. The number of aliphatic hydroxyl groups excluding tert-OH is 1. The second kappa shape index (κ2) is 5.77. The average molecular weight is 320 g/mol. The minimum Gasteiger partial charge on any atom is -0.391 e. The maximum Gasteiger partial charge on any atom is 0.271 e. The molecule has 2 atom stereocenters. The third-order valence-electron chi connectivity index (χ3n) is 4.45. The van der Waals surface area contributed by atoms with Crippen molar-refractivity contribution in [2.45, 2.75) is 25.5 Å². The second-order valence-electron chi connectivity index (χ2n) is 5.95. The number of β-amino-alcohol motifs (C(OH)–C–C–N with tert-alkyl or cyclic N) is 1. The van der Waals surface area contributed by atoms with Crippen LogP contribution in [0.1, 0.15) is 34.2 Å². The summed E-state index contributed by atoms with van der Waals surface area (Å²) in [7, 11) is 1.77. The van der Waals surface area contributed by atoms with Crippen molar-refractivity contribution < 1.29 is 18.7 Å². The van der Waals surface area contributed by atoms with E-state index < -0.39 is 23.8 Å². The molecule has 1 aliphatic rings. The summed E-state index contributed by atoms with van der Waals surface area (Å²) in [6.45, 7) is 1.98. The summed E-state index contributed by atoms with van der Waals surface area (Å²) < 4.78 is 29.3.